The number of carbonyl (C=O) groups is 2. The maximum atomic E-state index is 12.7. The SMILES string of the molecule is Cc1cc(OCC(=O)Nc2cccc(C(=O)N3CCCCCC3)c2)ccc1Cl. The zero-order chi connectivity index (χ0) is 19.9. The van der Waals surface area contributed by atoms with Crippen molar-refractivity contribution in [1.29, 1.82) is 0 Å². The number of likely N-dealkylation sites (tertiary alicyclic amines) is 1. The van der Waals surface area contributed by atoms with Gasteiger partial charge in [0.2, 0.25) is 0 Å². The molecule has 1 heterocycles. The Labute approximate surface area is 170 Å². The first-order chi connectivity index (χ1) is 13.5. The number of hydrogen-bond acceptors (Lipinski definition) is 3. The number of amides is 2. The molecule has 1 fully saturated rings. The minimum atomic E-state index is -0.285. The van der Waals surface area contributed by atoms with Crippen LogP contribution in [0.4, 0.5) is 5.69 Å². The predicted octanol–water partition coefficient (Wildman–Crippen LogP) is 4.68. The Morgan fingerprint density at radius 1 is 1.07 bits per heavy atom. The van der Waals surface area contributed by atoms with Gasteiger partial charge in [0.1, 0.15) is 5.75 Å². The summed E-state index contributed by atoms with van der Waals surface area (Å²) in [5.74, 6) is 0.319. The van der Waals surface area contributed by atoms with E-state index in [2.05, 4.69) is 5.32 Å². The lowest BCUT2D eigenvalue weighted by atomic mass is 10.1. The number of ether oxygens (including phenoxy) is 1. The highest BCUT2D eigenvalue weighted by molar-refractivity contribution is 6.31. The van der Waals surface area contributed by atoms with Crippen LogP contribution in [0.5, 0.6) is 5.75 Å². The van der Waals surface area contributed by atoms with E-state index in [1.54, 1.807) is 42.5 Å². The maximum Gasteiger partial charge on any atom is 0.262 e. The summed E-state index contributed by atoms with van der Waals surface area (Å²) in [6.07, 6.45) is 4.44. The molecule has 0 unspecified atom stereocenters. The third-order valence-corrected chi connectivity index (χ3v) is 5.21. The molecule has 5 nitrogen and oxygen atoms in total. The van der Waals surface area contributed by atoms with Crippen LogP contribution in [0.2, 0.25) is 5.02 Å². The fourth-order valence-corrected chi connectivity index (χ4v) is 3.36. The highest BCUT2D eigenvalue weighted by Gasteiger charge is 2.17. The van der Waals surface area contributed by atoms with Gasteiger partial charge < -0.3 is 15.0 Å². The zero-order valence-corrected chi connectivity index (χ0v) is 16.8. The molecular weight excluding hydrogens is 376 g/mol. The fraction of sp³-hybridized carbons (Fsp3) is 0.364. The van der Waals surface area contributed by atoms with Crippen LogP contribution in [0.25, 0.3) is 0 Å². The largest absolute Gasteiger partial charge is 0.484 e. The monoisotopic (exact) mass is 400 g/mol. The van der Waals surface area contributed by atoms with Crippen LogP contribution in [0.15, 0.2) is 42.5 Å². The van der Waals surface area contributed by atoms with Crippen LogP contribution in [0, 0.1) is 6.92 Å². The van der Waals surface area contributed by atoms with Crippen molar-refractivity contribution in [2.24, 2.45) is 0 Å². The first kappa shape index (κ1) is 20.2. The fourth-order valence-electron chi connectivity index (χ4n) is 3.24. The van der Waals surface area contributed by atoms with Gasteiger partial charge in [-0.25, -0.2) is 0 Å². The van der Waals surface area contributed by atoms with Crippen LogP contribution >= 0.6 is 11.6 Å². The Bertz CT molecular complexity index is 845. The average molecular weight is 401 g/mol. The van der Waals surface area contributed by atoms with E-state index in [0.717, 1.165) is 31.5 Å². The number of carbonyl (C=O) groups excluding carboxylic acids is 2. The number of anilines is 1. The summed E-state index contributed by atoms with van der Waals surface area (Å²) in [5.41, 5.74) is 2.06. The summed E-state index contributed by atoms with van der Waals surface area (Å²) < 4.78 is 5.52. The Hall–Kier alpha value is -2.53. The molecule has 0 radical (unpaired) electrons. The van der Waals surface area contributed by atoms with Gasteiger partial charge in [-0.05, 0) is 61.7 Å². The van der Waals surface area contributed by atoms with Crippen molar-refractivity contribution in [3.05, 3.63) is 58.6 Å². The van der Waals surface area contributed by atoms with Crippen molar-refractivity contribution in [2.45, 2.75) is 32.6 Å². The van der Waals surface area contributed by atoms with Crippen molar-refractivity contribution in [3.8, 4) is 5.75 Å². The Kier molecular flexibility index (Phi) is 6.93. The summed E-state index contributed by atoms with van der Waals surface area (Å²) >= 11 is 5.99. The molecule has 0 aromatic heterocycles. The standard InChI is InChI=1S/C22H25ClN2O3/c1-16-13-19(9-10-20(16)23)28-15-21(26)24-18-8-6-7-17(14-18)22(27)25-11-4-2-3-5-12-25/h6-10,13-14H,2-5,11-12,15H2,1H3,(H,24,26). The minimum absolute atomic E-state index is 0.0193. The van der Waals surface area contributed by atoms with Crippen molar-refractivity contribution in [1.82, 2.24) is 4.90 Å². The molecule has 0 bridgehead atoms. The summed E-state index contributed by atoms with van der Waals surface area (Å²) in [7, 11) is 0. The van der Waals surface area contributed by atoms with E-state index in [1.165, 1.54) is 12.8 Å². The number of halogens is 1. The Morgan fingerprint density at radius 2 is 1.82 bits per heavy atom. The van der Waals surface area contributed by atoms with Crippen LogP contribution < -0.4 is 10.1 Å². The molecule has 2 aromatic carbocycles. The van der Waals surface area contributed by atoms with E-state index >= 15 is 0 Å². The highest BCUT2D eigenvalue weighted by Crippen LogP contribution is 2.21. The molecule has 0 atom stereocenters. The molecule has 2 amide bonds. The molecule has 1 N–H and O–H groups in total. The molecule has 28 heavy (non-hydrogen) atoms. The summed E-state index contributed by atoms with van der Waals surface area (Å²) in [5, 5.41) is 3.44. The molecule has 2 aromatic rings. The van der Waals surface area contributed by atoms with Gasteiger partial charge in [0.15, 0.2) is 6.61 Å². The lowest BCUT2D eigenvalue weighted by Crippen LogP contribution is -2.31. The van der Waals surface area contributed by atoms with Crippen LogP contribution in [0.3, 0.4) is 0 Å². The van der Waals surface area contributed by atoms with E-state index in [1.807, 2.05) is 11.8 Å². The summed E-state index contributed by atoms with van der Waals surface area (Å²) in [4.78, 5) is 26.8. The zero-order valence-electron chi connectivity index (χ0n) is 16.0. The average Bonchev–Trinajstić information content (AvgIpc) is 2.98. The maximum absolute atomic E-state index is 12.7. The number of hydrogen-bond donors (Lipinski definition) is 1. The van der Waals surface area contributed by atoms with Crippen LogP contribution in [-0.4, -0.2) is 36.4 Å². The number of benzene rings is 2. The highest BCUT2D eigenvalue weighted by atomic mass is 35.5. The predicted molar refractivity (Wildman–Crippen MR) is 111 cm³/mol. The smallest absolute Gasteiger partial charge is 0.262 e. The quantitative estimate of drug-likeness (QED) is 0.792. The number of rotatable bonds is 5. The molecule has 3 rings (SSSR count). The van der Waals surface area contributed by atoms with Gasteiger partial charge in [-0.3, -0.25) is 9.59 Å². The van der Waals surface area contributed by atoms with Crippen molar-refractivity contribution >= 4 is 29.1 Å². The van der Waals surface area contributed by atoms with Gasteiger partial charge in [-0.15, -0.1) is 0 Å². The number of nitrogens with zero attached hydrogens (tertiary/aromatic N) is 1. The summed E-state index contributed by atoms with van der Waals surface area (Å²) in [6.45, 7) is 3.35. The second-order valence-corrected chi connectivity index (χ2v) is 7.44. The number of aryl methyl sites for hydroxylation is 1. The van der Waals surface area contributed by atoms with Gasteiger partial charge in [0.25, 0.3) is 11.8 Å². The second-order valence-electron chi connectivity index (χ2n) is 7.04. The van der Waals surface area contributed by atoms with E-state index in [4.69, 9.17) is 16.3 Å². The Balaban J connectivity index is 1.58. The van der Waals surface area contributed by atoms with Gasteiger partial charge in [0, 0.05) is 29.4 Å². The molecule has 0 spiro atoms. The third-order valence-electron chi connectivity index (χ3n) is 4.79. The van der Waals surface area contributed by atoms with Crippen molar-refractivity contribution < 1.29 is 14.3 Å². The molecular formula is C22H25ClN2O3. The first-order valence-corrected chi connectivity index (χ1v) is 9.99. The molecule has 1 aliphatic rings. The number of nitrogens with one attached hydrogen (secondary N) is 1. The molecule has 1 saturated heterocycles. The van der Waals surface area contributed by atoms with E-state index in [9.17, 15) is 9.59 Å². The van der Waals surface area contributed by atoms with Crippen molar-refractivity contribution in [3.63, 3.8) is 0 Å². The van der Waals surface area contributed by atoms with Crippen LogP contribution in [-0.2, 0) is 4.79 Å². The minimum Gasteiger partial charge on any atom is -0.484 e. The van der Waals surface area contributed by atoms with Crippen molar-refractivity contribution in [2.75, 3.05) is 25.0 Å². The van der Waals surface area contributed by atoms with Gasteiger partial charge in [0.05, 0.1) is 0 Å². The topological polar surface area (TPSA) is 58.6 Å². The molecule has 1 aliphatic heterocycles. The third kappa shape index (κ3) is 5.49. The molecule has 6 heteroatoms. The normalized spacial score (nSPS) is 14.3. The molecule has 0 aliphatic carbocycles. The van der Waals surface area contributed by atoms with E-state index in [0.29, 0.717) is 22.0 Å². The van der Waals surface area contributed by atoms with E-state index in [-0.39, 0.29) is 18.4 Å². The molecule has 0 saturated carbocycles. The summed E-state index contributed by atoms with van der Waals surface area (Å²) in [6, 6.07) is 12.3. The van der Waals surface area contributed by atoms with Gasteiger partial charge in [-0.1, -0.05) is 30.5 Å². The molecule has 148 valence electrons. The van der Waals surface area contributed by atoms with Crippen LogP contribution in [0.1, 0.15) is 41.6 Å². The van der Waals surface area contributed by atoms with Gasteiger partial charge >= 0.3 is 0 Å². The first-order valence-electron chi connectivity index (χ1n) is 9.61. The van der Waals surface area contributed by atoms with Gasteiger partial charge in [-0.2, -0.15) is 0 Å². The lowest BCUT2D eigenvalue weighted by molar-refractivity contribution is -0.118. The van der Waals surface area contributed by atoms with E-state index < -0.39 is 0 Å². The lowest BCUT2D eigenvalue weighted by Gasteiger charge is -2.20. The second kappa shape index (κ2) is 9.60. The Morgan fingerprint density at radius 3 is 2.54 bits per heavy atom.